The van der Waals surface area contributed by atoms with Gasteiger partial charge in [0.1, 0.15) is 11.9 Å². The number of amides is 1. The number of nitrogens with one attached hydrogen (secondary N) is 1. The fraction of sp³-hybridized carbons (Fsp3) is 0.222. The molecule has 0 aliphatic rings. The van der Waals surface area contributed by atoms with E-state index >= 15 is 0 Å². The van der Waals surface area contributed by atoms with E-state index in [1.54, 1.807) is 6.07 Å². The molecule has 0 aliphatic heterocycles. The van der Waals surface area contributed by atoms with E-state index in [2.05, 4.69) is 0 Å². The third kappa shape index (κ3) is 5.30. The normalized spacial score (nSPS) is 14.0. The Bertz CT molecular complexity index is 1070. The smallest absolute Gasteiger partial charge is 0.379 e. The van der Waals surface area contributed by atoms with E-state index in [0.717, 1.165) is 37.3 Å². The largest absolute Gasteiger partial charge is 0.416 e. The van der Waals surface area contributed by atoms with Gasteiger partial charge in [0, 0.05) is 0 Å². The maximum atomic E-state index is 13.0. The predicted molar refractivity (Wildman–Crippen MR) is 93.9 cm³/mol. The number of hydrogen-bond acceptors (Lipinski definition) is 5. The van der Waals surface area contributed by atoms with Crippen molar-refractivity contribution in [2.24, 2.45) is 0 Å². The number of carbonyl (C=O) groups is 1. The van der Waals surface area contributed by atoms with Crippen LogP contribution >= 0.6 is 0 Å². The molecule has 0 saturated heterocycles. The van der Waals surface area contributed by atoms with Crippen molar-refractivity contribution in [3.63, 3.8) is 0 Å². The van der Waals surface area contributed by atoms with E-state index < -0.39 is 50.3 Å². The lowest BCUT2D eigenvalue weighted by molar-refractivity contribution is -0.137. The number of halogens is 4. The van der Waals surface area contributed by atoms with Crippen LogP contribution in [0.3, 0.4) is 0 Å². The summed E-state index contributed by atoms with van der Waals surface area (Å²) in [7, 11) is -4.24. The van der Waals surface area contributed by atoms with Crippen LogP contribution < -0.4 is 5.32 Å². The SMILES string of the molecule is CC(O)(CS(=O)(=O)c1ccc(F)cc1)C(=O)Nc1cc(C(F)(F)F)ccc1C#N. The van der Waals surface area contributed by atoms with Crippen molar-refractivity contribution in [3.05, 3.63) is 59.4 Å². The summed E-state index contributed by atoms with van der Waals surface area (Å²) in [6.07, 6.45) is -4.75. The van der Waals surface area contributed by atoms with Gasteiger partial charge in [-0.05, 0) is 49.4 Å². The molecule has 0 aromatic heterocycles. The van der Waals surface area contributed by atoms with Gasteiger partial charge in [-0.3, -0.25) is 4.79 Å². The fourth-order valence-electron chi connectivity index (χ4n) is 2.34. The minimum absolute atomic E-state index is 0.316. The highest BCUT2D eigenvalue weighted by molar-refractivity contribution is 7.91. The molecule has 0 saturated carbocycles. The number of anilines is 1. The van der Waals surface area contributed by atoms with Crippen LogP contribution in [0.15, 0.2) is 47.4 Å². The van der Waals surface area contributed by atoms with Crippen LogP contribution in [0.2, 0.25) is 0 Å². The molecule has 1 amide bonds. The van der Waals surface area contributed by atoms with Crippen LogP contribution in [-0.4, -0.2) is 30.8 Å². The monoisotopic (exact) mass is 430 g/mol. The van der Waals surface area contributed by atoms with Crippen LogP contribution in [0.4, 0.5) is 23.2 Å². The first-order valence-electron chi connectivity index (χ1n) is 7.90. The Hall–Kier alpha value is -2.97. The van der Waals surface area contributed by atoms with Crippen molar-refractivity contribution in [3.8, 4) is 6.07 Å². The summed E-state index contributed by atoms with van der Waals surface area (Å²) >= 11 is 0. The topological polar surface area (TPSA) is 107 Å². The minimum atomic E-state index is -4.75. The van der Waals surface area contributed by atoms with E-state index in [9.17, 15) is 35.9 Å². The second-order valence-corrected chi connectivity index (χ2v) is 8.30. The molecule has 1 atom stereocenters. The molecule has 2 rings (SSSR count). The zero-order valence-corrected chi connectivity index (χ0v) is 15.6. The number of alkyl halides is 3. The first-order chi connectivity index (χ1) is 13.3. The molecule has 0 spiro atoms. The highest BCUT2D eigenvalue weighted by Crippen LogP contribution is 2.32. The number of nitriles is 1. The van der Waals surface area contributed by atoms with Crippen LogP contribution in [-0.2, 0) is 20.8 Å². The maximum absolute atomic E-state index is 13.0. The van der Waals surface area contributed by atoms with Crippen LogP contribution in [0.25, 0.3) is 0 Å². The lowest BCUT2D eigenvalue weighted by atomic mass is 10.1. The van der Waals surface area contributed by atoms with Crippen LogP contribution in [0, 0.1) is 17.1 Å². The summed E-state index contributed by atoms with van der Waals surface area (Å²) in [4.78, 5) is 12.0. The van der Waals surface area contributed by atoms with Crippen LogP contribution in [0.1, 0.15) is 18.1 Å². The molecular formula is C18H14F4N2O4S. The second-order valence-electron chi connectivity index (χ2n) is 6.31. The molecular weight excluding hydrogens is 416 g/mol. The van der Waals surface area contributed by atoms with Gasteiger partial charge in [-0.15, -0.1) is 0 Å². The van der Waals surface area contributed by atoms with E-state index in [-0.39, 0.29) is 10.5 Å². The summed E-state index contributed by atoms with van der Waals surface area (Å²) in [6, 6.07) is 7.22. The third-order valence-corrected chi connectivity index (χ3v) is 5.78. The van der Waals surface area contributed by atoms with Gasteiger partial charge in [0.05, 0.1) is 27.5 Å². The fourth-order valence-corrected chi connectivity index (χ4v) is 3.93. The van der Waals surface area contributed by atoms with E-state index in [1.165, 1.54) is 0 Å². The van der Waals surface area contributed by atoms with Gasteiger partial charge in [0.2, 0.25) is 0 Å². The van der Waals surface area contributed by atoms with Gasteiger partial charge in [0.15, 0.2) is 15.4 Å². The second kappa shape index (κ2) is 7.81. The van der Waals surface area contributed by atoms with E-state index in [1.807, 2.05) is 5.32 Å². The molecule has 0 heterocycles. The van der Waals surface area contributed by atoms with Crippen molar-refractivity contribution in [2.45, 2.75) is 23.6 Å². The van der Waals surface area contributed by atoms with Crippen LogP contribution in [0.5, 0.6) is 0 Å². The van der Waals surface area contributed by atoms with Crippen molar-refractivity contribution in [1.29, 1.82) is 5.26 Å². The van der Waals surface area contributed by atoms with Gasteiger partial charge < -0.3 is 10.4 Å². The molecule has 29 heavy (non-hydrogen) atoms. The Balaban J connectivity index is 2.30. The predicted octanol–water partition coefficient (Wildman–Crippen LogP) is 2.88. The average molecular weight is 430 g/mol. The number of benzene rings is 2. The van der Waals surface area contributed by atoms with Crippen molar-refractivity contribution < 1.29 is 35.9 Å². The van der Waals surface area contributed by atoms with Gasteiger partial charge in [-0.1, -0.05) is 0 Å². The zero-order valence-electron chi connectivity index (χ0n) is 14.8. The van der Waals surface area contributed by atoms with Gasteiger partial charge in [-0.25, -0.2) is 12.8 Å². The zero-order chi connectivity index (χ0) is 22.0. The summed E-state index contributed by atoms with van der Waals surface area (Å²) in [5, 5.41) is 21.3. The molecule has 2 N–H and O–H groups in total. The lowest BCUT2D eigenvalue weighted by Gasteiger charge is -2.23. The Morgan fingerprint density at radius 3 is 2.28 bits per heavy atom. The molecule has 2 aromatic carbocycles. The lowest BCUT2D eigenvalue weighted by Crippen LogP contribution is -2.46. The molecule has 11 heteroatoms. The number of nitrogens with zero attached hydrogens (tertiary/aromatic N) is 1. The number of aliphatic hydroxyl groups is 1. The summed E-state index contributed by atoms with van der Waals surface area (Å²) < 4.78 is 76.3. The summed E-state index contributed by atoms with van der Waals surface area (Å²) in [6.45, 7) is 0.850. The Kier molecular flexibility index (Phi) is 6.01. The molecule has 0 bridgehead atoms. The molecule has 154 valence electrons. The molecule has 6 nitrogen and oxygen atoms in total. The van der Waals surface area contributed by atoms with Crippen molar-refractivity contribution in [1.82, 2.24) is 0 Å². The molecule has 0 aliphatic carbocycles. The quantitative estimate of drug-likeness (QED) is 0.560. The van der Waals surface area contributed by atoms with Gasteiger partial charge >= 0.3 is 6.18 Å². The number of carbonyl (C=O) groups excluding carboxylic acids is 1. The molecule has 0 radical (unpaired) electrons. The minimum Gasteiger partial charge on any atom is -0.379 e. The van der Waals surface area contributed by atoms with Gasteiger partial charge in [0.25, 0.3) is 5.91 Å². The Morgan fingerprint density at radius 2 is 1.76 bits per heavy atom. The van der Waals surface area contributed by atoms with Gasteiger partial charge in [-0.2, -0.15) is 18.4 Å². The Labute approximate surface area is 163 Å². The molecule has 1 unspecified atom stereocenters. The maximum Gasteiger partial charge on any atom is 0.416 e. The van der Waals surface area contributed by atoms with Crippen molar-refractivity contribution >= 4 is 21.4 Å². The molecule has 2 aromatic rings. The summed E-state index contributed by atoms with van der Waals surface area (Å²) in [5.74, 6) is -3.15. The standard InChI is InChI=1S/C18H14F4N2O4S/c1-17(26,10-29(27,28)14-6-4-13(19)5-7-14)16(25)24-15-8-12(18(20,21)22)3-2-11(15)9-23/h2-8,26H,10H2,1H3,(H,24,25). The first-order valence-corrected chi connectivity index (χ1v) is 9.55. The number of hydrogen-bond donors (Lipinski definition) is 2. The number of sulfone groups is 1. The highest BCUT2D eigenvalue weighted by atomic mass is 32.2. The molecule has 0 fully saturated rings. The van der Waals surface area contributed by atoms with E-state index in [0.29, 0.717) is 12.1 Å². The number of rotatable bonds is 5. The third-order valence-electron chi connectivity index (χ3n) is 3.85. The van der Waals surface area contributed by atoms with Crippen molar-refractivity contribution in [2.75, 3.05) is 11.1 Å². The Morgan fingerprint density at radius 1 is 1.17 bits per heavy atom. The van der Waals surface area contributed by atoms with E-state index in [4.69, 9.17) is 5.26 Å². The first kappa shape index (κ1) is 22.3. The highest BCUT2D eigenvalue weighted by Gasteiger charge is 2.38. The average Bonchev–Trinajstić information content (AvgIpc) is 2.60. The summed E-state index contributed by atoms with van der Waals surface area (Å²) in [5.41, 5.74) is -4.56.